The van der Waals surface area contributed by atoms with Gasteiger partial charge in [-0.05, 0) is 12.1 Å². The molecule has 0 spiro atoms. The summed E-state index contributed by atoms with van der Waals surface area (Å²) in [4.78, 5) is 9.18. The molecule has 1 aliphatic rings. The van der Waals surface area contributed by atoms with E-state index in [0.717, 1.165) is 18.5 Å². The highest BCUT2D eigenvalue weighted by molar-refractivity contribution is 7.91. The van der Waals surface area contributed by atoms with Crippen molar-refractivity contribution in [1.29, 1.82) is 0 Å². The SMILES string of the molecule is C[N+]1=CC(CS(=O)(=O)c2ccccc2)=CCC1.O=C([O-])C(F)(F)F. The van der Waals surface area contributed by atoms with E-state index in [1.807, 2.05) is 30.0 Å². The van der Waals surface area contributed by atoms with E-state index in [1.165, 1.54) is 0 Å². The fourth-order valence-electron chi connectivity index (χ4n) is 1.88. The number of nitrogens with zero attached hydrogens (tertiary/aromatic N) is 1. The largest absolute Gasteiger partial charge is 0.542 e. The second-order valence-electron chi connectivity index (χ2n) is 5.03. The number of carbonyl (C=O) groups is 1. The normalized spacial score (nSPS) is 14.8. The Morgan fingerprint density at radius 1 is 1.25 bits per heavy atom. The number of carboxylic acids is 1. The lowest BCUT2D eigenvalue weighted by molar-refractivity contribution is -0.492. The van der Waals surface area contributed by atoms with E-state index in [-0.39, 0.29) is 5.75 Å². The summed E-state index contributed by atoms with van der Waals surface area (Å²) in [7, 11) is -1.25. The summed E-state index contributed by atoms with van der Waals surface area (Å²) in [5, 5.41) is 8.78. The first kappa shape index (κ1) is 19.9. The molecule has 0 radical (unpaired) electrons. The lowest BCUT2D eigenvalue weighted by atomic mass is 10.2. The second kappa shape index (κ2) is 8.09. The van der Waals surface area contributed by atoms with E-state index in [1.54, 1.807) is 24.3 Å². The molecule has 1 aliphatic heterocycles. The van der Waals surface area contributed by atoms with Crippen molar-refractivity contribution >= 4 is 22.0 Å². The maximum Gasteiger partial charge on any atom is 0.430 e. The minimum absolute atomic E-state index is 0.0847. The number of carbonyl (C=O) groups excluding carboxylic acids is 1. The van der Waals surface area contributed by atoms with E-state index < -0.39 is 22.0 Å². The molecular weight excluding hydrogens is 347 g/mol. The summed E-state index contributed by atoms with van der Waals surface area (Å²) >= 11 is 0. The van der Waals surface area contributed by atoms with Crippen LogP contribution in [0.4, 0.5) is 13.2 Å². The third-order valence-electron chi connectivity index (χ3n) is 2.97. The van der Waals surface area contributed by atoms with E-state index >= 15 is 0 Å². The van der Waals surface area contributed by atoms with Gasteiger partial charge in [0.25, 0.3) is 0 Å². The zero-order chi connectivity index (χ0) is 18.4. The average molecular weight is 363 g/mol. The minimum Gasteiger partial charge on any atom is -0.542 e. The highest BCUT2D eigenvalue weighted by Gasteiger charge is 2.28. The Morgan fingerprint density at radius 3 is 2.25 bits per heavy atom. The molecule has 9 heteroatoms. The molecule has 0 fully saturated rings. The predicted octanol–water partition coefficient (Wildman–Crippen LogP) is 0.802. The molecule has 0 saturated carbocycles. The number of benzene rings is 1. The van der Waals surface area contributed by atoms with Gasteiger partial charge < -0.3 is 9.90 Å². The number of hydrogen-bond acceptors (Lipinski definition) is 4. The van der Waals surface area contributed by atoms with E-state index in [4.69, 9.17) is 9.90 Å². The molecule has 0 unspecified atom stereocenters. The Labute approximate surface area is 137 Å². The standard InChI is InChI=1S/C13H16NO2S.C2HF3O2/c1-14-9-5-6-12(10-14)11-17(15,16)13-7-3-2-4-8-13;3-2(4,5)1(6)7/h2-4,6-8,10H,5,9,11H2,1H3;(H,6,7)/q+1;/p-1. The number of alkyl halides is 3. The molecule has 0 atom stereocenters. The van der Waals surface area contributed by atoms with Gasteiger partial charge in [0, 0.05) is 12.0 Å². The zero-order valence-corrected chi connectivity index (χ0v) is 13.6. The van der Waals surface area contributed by atoms with Gasteiger partial charge in [0.2, 0.25) is 0 Å². The molecule has 1 aromatic carbocycles. The molecule has 1 heterocycles. The molecular formula is C15H16F3NO4S. The predicted molar refractivity (Wildman–Crippen MR) is 79.4 cm³/mol. The number of rotatable bonds is 3. The zero-order valence-electron chi connectivity index (χ0n) is 12.8. The molecule has 132 valence electrons. The third-order valence-corrected chi connectivity index (χ3v) is 4.67. The summed E-state index contributed by atoms with van der Waals surface area (Å²) in [6, 6.07) is 8.60. The van der Waals surface area contributed by atoms with Crippen molar-refractivity contribution < 1.29 is 36.1 Å². The molecule has 0 saturated heterocycles. The van der Waals surface area contributed by atoms with Gasteiger partial charge in [0.15, 0.2) is 16.1 Å². The molecule has 0 aliphatic carbocycles. The first-order valence-corrected chi connectivity index (χ1v) is 8.48. The maximum absolute atomic E-state index is 12.1. The van der Waals surface area contributed by atoms with Crippen LogP contribution in [0.3, 0.4) is 0 Å². The van der Waals surface area contributed by atoms with Gasteiger partial charge in [0.1, 0.15) is 19.6 Å². The Morgan fingerprint density at radius 2 is 1.79 bits per heavy atom. The Kier molecular flexibility index (Phi) is 6.70. The van der Waals surface area contributed by atoms with Gasteiger partial charge in [-0.1, -0.05) is 24.3 Å². The first-order chi connectivity index (χ1) is 11.0. The van der Waals surface area contributed by atoms with Crippen LogP contribution in [0.15, 0.2) is 46.9 Å². The molecule has 2 rings (SSSR count). The van der Waals surface area contributed by atoms with E-state index in [0.29, 0.717) is 4.90 Å². The third kappa shape index (κ3) is 6.53. The van der Waals surface area contributed by atoms with Gasteiger partial charge in [-0.15, -0.1) is 0 Å². The molecule has 24 heavy (non-hydrogen) atoms. The van der Waals surface area contributed by atoms with Crippen LogP contribution < -0.4 is 5.11 Å². The maximum atomic E-state index is 12.1. The van der Waals surface area contributed by atoms with Crippen molar-refractivity contribution in [2.24, 2.45) is 0 Å². The van der Waals surface area contributed by atoms with Crippen molar-refractivity contribution in [2.75, 3.05) is 19.3 Å². The first-order valence-electron chi connectivity index (χ1n) is 6.82. The Hall–Kier alpha value is -2.16. The Bertz CT molecular complexity index is 738. The number of carboxylic acid groups (broad SMARTS) is 1. The lowest BCUT2D eigenvalue weighted by Crippen LogP contribution is -2.37. The molecule has 0 aromatic heterocycles. The van der Waals surface area contributed by atoms with Crippen LogP contribution in [0.5, 0.6) is 0 Å². The second-order valence-corrected chi connectivity index (χ2v) is 7.02. The quantitative estimate of drug-likeness (QED) is 0.745. The van der Waals surface area contributed by atoms with Crippen LogP contribution in [0.25, 0.3) is 0 Å². The summed E-state index contributed by atoms with van der Waals surface area (Å²) in [5.41, 5.74) is 0.877. The average Bonchev–Trinajstić information content (AvgIpc) is 2.47. The van der Waals surface area contributed by atoms with Gasteiger partial charge in [-0.25, -0.2) is 13.0 Å². The lowest BCUT2D eigenvalue weighted by Gasteiger charge is -2.07. The summed E-state index contributed by atoms with van der Waals surface area (Å²) in [6.45, 7) is 0.953. The smallest absolute Gasteiger partial charge is 0.430 e. The number of hydrogen-bond donors (Lipinski definition) is 0. The number of sulfone groups is 1. The highest BCUT2D eigenvalue weighted by Crippen LogP contribution is 2.14. The van der Waals surface area contributed by atoms with Crippen molar-refractivity contribution in [1.82, 2.24) is 0 Å². The van der Waals surface area contributed by atoms with Crippen LogP contribution in [0, 0.1) is 0 Å². The van der Waals surface area contributed by atoms with Gasteiger partial charge in [0.05, 0.1) is 10.6 Å². The van der Waals surface area contributed by atoms with Gasteiger partial charge in [-0.2, -0.15) is 13.2 Å². The monoisotopic (exact) mass is 363 g/mol. The fourth-order valence-corrected chi connectivity index (χ4v) is 3.25. The molecule has 0 N–H and O–H groups in total. The summed E-state index contributed by atoms with van der Waals surface area (Å²) < 4.78 is 57.8. The van der Waals surface area contributed by atoms with Crippen LogP contribution in [0.1, 0.15) is 6.42 Å². The number of aliphatic carboxylic acids is 1. The van der Waals surface area contributed by atoms with Crippen LogP contribution in [-0.4, -0.2) is 50.7 Å². The highest BCUT2D eigenvalue weighted by atomic mass is 32.2. The fraction of sp³-hybridized carbons (Fsp3) is 0.333. The minimum atomic E-state index is -5.19. The summed E-state index contributed by atoms with van der Waals surface area (Å²) in [6.07, 6.45) is -0.378. The van der Waals surface area contributed by atoms with Crippen molar-refractivity contribution in [3.8, 4) is 0 Å². The van der Waals surface area contributed by atoms with E-state index in [2.05, 4.69) is 0 Å². The van der Waals surface area contributed by atoms with Crippen molar-refractivity contribution in [3.63, 3.8) is 0 Å². The van der Waals surface area contributed by atoms with Crippen LogP contribution in [0.2, 0.25) is 0 Å². The topological polar surface area (TPSA) is 77.3 Å². The number of halogens is 3. The van der Waals surface area contributed by atoms with Crippen LogP contribution in [-0.2, 0) is 14.6 Å². The van der Waals surface area contributed by atoms with Crippen LogP contribution >= 0.6 is 0 Å². The molecule has 5 nitrogen and oxygen atoms in total. The Balaban J connectivity index is 0.000000351. The molecule has 0 bridgehead atoms. The van der Waals surface area contributed by atoms with Crippen molar-refractivity contribution in [2.45, 2.75) is 17.5 Å². The van der Waals surface area contributed by atoms with Gasteiger partial charge in [-0.3, -0.25) is 0 Å². The molecule has 0 amide bonds. The molecule has 1 aromatic rings. The van der Waals surface area contributed by atoms with E-state index in [9.17, 15) is 21.6 Å². The summed E-state index contributed by atoms with van der Waals surface area (Å²) in [5.74, 6) is -2.92. The van der Waals surface area contributed by atoms with Gasteiger partial charge >= 0.3 is 6.18 Å². The van der Waals surface area contributed by atoms with Crippen molar-refractivity contribution in [3.05, 3.63) is 42.0 Å².